The smallest absolute Gasteiger partial charge is 0.338 e. The van der Waals surface area contributed by atoms with Crippen LogP contribution in [0.5, 0.6) is 0 Å². The monoisotopic (exact) mass is 375 g/mol. The van der Waals surface area contributed by atoms with E-state index in [4.69, 9.17) is 22.1 Å². The van der Waals surface area contributed by atoms with E-state index in [1.807, 2.05) is 0 Å². The zero-order valence-corrected chi connectivity index (χ0v) is 14.7. The molecule has 0 spiro atoms. The molecule has 1 unspecified atom stereocenters. The van der Waals surface area contributed by atoms with E-state index in [9.17, 15) is 9.59 Å². The Morgan fingerprint density at radius 2 is 1.96 bits per heavy atom. The highest BCUT2D eigenvalue weighted by Crippen LogP contribution is 2.25. The number of nitrogens with two attached hydrogens (primary N) is 1. The normalized spacial score (nSPS) is 11.9. The Morgan fingerprint density at radius 3 is 2.68 bits per heavy atom. The summed E-state index contributed by atoms with van der Waals surface area (Å²) in [6.07, 6.45) is -0.953. The minimum absolute atomic E-state index is 0.335. The Bertz CT molecular complexity index is 940. The molecule has 3 aromatic rings. The number of halogens is 1. The van der Waals surface area contributed by atoms with E-state index < -0.39 is 18.0 Å². The first kappa shape index (κ1) is 17.2. The highest BCUT2D eigenvalue weighted by atomic mass is 35.5. The third-order valence-corrected chi connectivity index (χ3v) is 4.50. The molecule has 6 nitrogen and oxygen atoms in total. The van der Waals surface area contributed by atoms with Crippen LogP contribution in [0.1, 0.15) is 17.3 Å². The predicted octanol–water partition coefficient (Wildman–Crippen LogP) is 3.72. The van der Waals surface area contributed by atoms with E-state index in [0.717, 1.165) is 4.70 Å². The van der Waals surface area contributed by atoms with Crippen LogP contribution in [0.2, 0.25) is 5.02 Å². The van der Waals surface area contributed by atoms with Crippen molar-refractivity contribution >= 4 is 55.8 Å². The van der Waals surface area contributed by atoms with Crippen LogP contribution in [0.3, 0.4) is 0 Å². The molecule has 0 aliphatic heterocycles. The zero-order valence-electron chi connectivity index (χ0n) is 13.2. The van der Waals surface area contributed by atoms with Gasteiger partial charge in [0.2, 0.25) is 0 Å². The minimum Gasteiger partial charge on any atom is -0.449 e. The van der Waals surface area contributed by atoms with Crippen LogP contribution in [0.4, 0.5) is 10.8 Å². The Hall–Kier alpha value is -2.64. The summed E-state index contributed by atoms with van der Waals surface area (Å²) < 4.78 is 6.01. The van der Waals surface area contributed by atoms with Gasteiger partial charge in [0.15, 0.2) is 11.2 Å². The fourth-order valence-electron chi connectivity index (χ4n) is 2.13. The van der Waals surface area contributed by atoms with Crippen molar-refractivity contribution in [2.45, 2.75) is 13.0 Å². The maximum absolute atomic E-state index is 12.2. The second-order valence-corrected chi connectivity index (χ2v) is 6.78. The van der Waals surface area contributed by atoms with Crippen molar-refractivity contribution in [1.82, 2.24) is 4.98 Å². The van der Waals surface area contributed by atoms with Gasteiger partial charge >= 0.3 is 5.97 Å². The lowest BCUT2D eigenvalue weighted by atomic mass is 10.2. The second-order valence-electron chi connectivity index (χ2n) is 5.28. The molecule has 1 aromatic heterocycles. The van der Waals surface area contributed by atoms with Crippen LogP contribution in [-0.4, -0.2) is 23.0 Å². The lowest BCUT2D eigenvalue weighted by molar-refractivity contribution is -0.123. The van der Waals surface area contributed by atoms with E-state index in [1.54, 1.807) is 42.5 Å². The third kappa shape index (κ3) is 4.07. The van der Waals surface area contributed by atoms with Crippen LogP contribution in [-0.2, 0) is 9.53 Å². The minimum atomic E-state index is -0.953. The molecule has 128 valence electrons. The van der Waals surface area contributed by atoms with Crippen molar-refractivity contribution in [3.05, 3.63) is 53.1 Å². The van der Waals surface area contributed by atoms with Gasteiger partial charge in [0.1, 0.15) is 0 Å². The van der Waals surface area contributed by atoms with E-state index in [2.05, 4.69) is 10.3 Å². The van der Waals surface area contributed by atoms with Gasteiger partial charge in [0.25, 0.3) is 5.91 Å². The number of benzene rings is 2. The molecule has 0 fully saturated rings. The van der Waals surface area contributed by atoms with Crippen molar-refractivity contribution < 1.29 is 14.3 Å². The topological polar surface area (TPSA) is 94.3 Å². The standard InChI is InChI=1S/C17H14ClN3O3S/c1-9(15(22)20-12-5-3-11(18)4-6-12)24-16(23)10-2-7-13-14(8-10)25-17(19)21-13/h2-9H,1H3,(H2,19,21)(H,20,22). The average Bonchev–Trinajstić information content (AvgIpc) is 2.95. The first-order chi connectivity index (χ1) is 11.9. The Kier molecular flexibility index (Phi) is 4.87. The number of hydrogen-bond donors (Lipinski definition) is 2. The molecule has 0 saturated heterocycles. The number of hydrogen-bond acceptors (Lipinski definition) is 6. The number of fused-ring (bicyclic) bond motifs is 1. The number of amides is 1. The number of nitrogens with zero attached hydrogens (tertiary/aromatic N) is 1. The summed E-state index contributed by atoms with van der Waals surface area (Å²) in [5.41, 5.74) is 7.27. The largest absolute Gasteiger partial charge is 0.449 e. The summed E-state index contributed by atoms with van der Waals surface area (Å²) in [5.74, 6) is -1.02. The van der Waals surface area contributed by atoms with Crippen molar-refractivity contribution in [1.29, 1.82) is 0 Å². The van der Waals surface area contributed by atoms with Crippen molar-refractivity contribution in [3.63, 3.8) is 0 Å². The molecule has 0 radical (unpaired) electrons. The summed E-state index contributed by atoms with van der Waals surface area (Å²) in [4.78, 5) is 28.5. The zero-order chi connectivity index (χ0) is 18.0. The van der Waals surface area contributed by atoms with Crippen molar-refractivity contribution in [2.24, 2.45) is 0 Å². The molecule has 25 heavy (non-hydrogen) atoms. The van der Waals surface area contributed by atoms with E-state index in [-0.39, 0.29) is 0 Å². The summed E-state index contributed by atoms with van der Waals surface area (Å²) in [6, 6.07) is 11.6. The van der Waals surface area contributed by atoms with Gasteiger partial charge in [-0.15, -0.1) is 0 Å². The fourth-order valence-corrected chi connectivity index (χ4v) is 3.03. The maximum Gasteiger partial charge on any atom is 0.338 e. The van der Waals surface area contributed by atoms with Crippen LogP contribution in [0.15, 0.2) is 42.5 Å². The number of carbonyl (C=O) groups excluding carboxylic acids is 2. The molecular formula is C17H14ClN3O3S. The number of nitrogens with one attached hydrogen (secondary N) is 1. The van der Waals surface area contributed by atoms with Crippen molar-refractivity contribution in [2.75, 3.05) is 11.1 Å². The second kappa shape index (κ2) is 7.08. The van der Waals surface area contributed by atoms with E-state index in [1.165, 1.54) is 18.3 Å². The average molecular weight is 376 g/mol. The summed E-state index contributed by atoms with van der Waals surface area (Å²) >= 11 is 7.08. The Balaban J connectivity index is 1.65. The van der Waals surface area contributed by atoms with E-state index >= 15 is 0 Å². The molecular weight excluding hydrogens is 362 g/mol. The van der Waals surface area contributed by atoms with Gasteiger partial charge in [0.05, 0.1) is 15.8 Å². The summed E-state index contributed by atoms with van der Waals surface area (Å²) in [5, 5.41) is 3.65. The Morgan fingerprint density at radius 1 is 1.24 bits per heavy atom. The maximum atomic E-state index is 12.2. The van der Waals surface area contributed by atoms with Gasteiger partial charge in [-0.2, -0.15) is 0 Å². The predicted molar refractivity (Wildman–Crippen MR) is 99.0 cm³/mol. The quantitative estimate of drug-likeness (QED) is 0.678. The number of anilines is 2. The van der Waals surface area contributed by atoms with Crippen molar-refractivity contribution in [3.8, 4) is 0 Å². The molecule has 0 saturated carbocycles. The summed E-state index contributed by atoms with van der Waals surface area (Å²) in [7, 11) is 0. The highest BCUT2D eigenvalue weighted by Gasteiger charge is 2.19. The SMILES string of the molecule is CC(OC(=O)c1ccc2nc(N)sc2c1)C(=O)Nc1ccc(Cl)cc1. The van der Waals surface area contributed by atoms with Gasteiger partial charge in [-0.05, 0) is 49.4 Å². The molecule has 3 rings (SSSR count). The fraction of sp³-hybridized carbons (Fsp3) is 0.118. The number of thiazole rings is 1. The van der Waals surface area contributed by atoms with Crippen LogP contribution in [0.25, 0.3) is 10.2 Å². The molecule has 3 N–H and O–H groups in total. The number of aromatic nitrogens is 1. The molecule has 2 aromatic carbocycles. The van der Waals surface area contributed by atoms with Gasteiger partial charge < -0.3 is 15.8 Å². The first-order valence-corrected chi connectivity index (χ1v) is 8.55. The van der Waals surface area contributed by atoms with Gasteiger partial charge in [-0.3, -0.25) is 4.79 Å². The van der Waals surface area contributed by atoms with Crippen LogP contribution >= 0.6 is 22.9 Å². The molecule has 0 aliphatic carbocycles. The number of ether oxygens (including phenoxy) is 1. The van der Waals surface area contributed by atoms with Gasteiger partial charge in [0, 0.05) is 10.7 Å². The molecule has 0 aliphatic rings. The Labute approximate surface area is 152 Å². The number of nitrogen functional groups attached to an aromatic ring is 1. The highest BCUT2D eigenvalue weighted by molar-refractivity contribution is 7.22. The van der Waals surface area contributed by atoms with Gasteiger partial charge in [-0.1, -0.05) is 22.9 Å². The third-order valence-electron chi connectivity index (χ3n) is 3.41. The summed E-state index contributed by atoms with van der Waals surface area (Å²) in [6.45, 7) is 1.51. The lowest BCUT2D eigenvalue weighted by Gasteiger charge is -2.13. The van der Waals surface area contributed by atoms with Gasteiger partial charge in [-0.25, -0.2) is 9.78 Å². The first-order valence-electron chi connectivity index (χ1n) is 7.36. The van der Waals surface area contributed by atoms with Crippen LogP contribution < -0.4 is 11.1 Å². The molecule has 8 heteroatoms. The van der Waals surface area contributed by atoms with Crippen LogP contribution in [0, 0.1) is 0 Å². The molecule has 1 heterocycles. The number of rotatable bonds is 4. The lowest BCUT2D eigenvalue weighted by Crippen LogP contribution is -2.29. The van der Waals surface area contributed by atoms with E-state index in [0.29, 0.717) is 26.9 Å². The molecule has 1 amide bonds. The number of carbonyl (C=O) groups is 2. The molecule has 0 bridgehead atoms. The molecule has 1 atom stereocenters. The number of esters is 1.